The lowest BCUT2D eigenvalue weighted by molar-refractivity contribution is -0.133. The molecule has 0 bridgehead atoms. The molecule has 0 atom stereocenters. The van der Waals surface area contributed by atoms with Gasteiger partial charge in [0.15, 0.2) is 0 Å². The normalized spacial score (nSPS) is 11.9. The fourth-order valence-corrected chi connectivity index (χ4v) is 2.74. The summed E-state index contributed by atoms with van der Waals surface area (Å²) in [6.07, 6.45) is 1.37. The first-order chi connectivity index (χ1) is 13.0. The molecule has 0 aliphatic carbocycles. The Morgan fingerprint density at radius 1 is 1.15 bits per heavy atom. The Bertz CT molecular complexity index is 857. The molecule has 6 heteroatoms. The molecule has 0 spiro atoms. The Kier molecular flexibility index (Phi) is 7.44. The fraction of sp³-hybridized carbons (Fsp3) is 0.238. The molecule has 2 rings (SSSR count). The van der Waals surface area contributed by atoms with Gasteiger partial charge in [-0.25, -0.2) is 4.79 Å². The van der Waals surface area contributed by atoms with Gasteiger partial charge in [-0.2, -0.15) is 0 Å². The van der Waals surface area contributed by atoms with Gasteiger partial charge < -0.3 is 14.3 Å². The van der Waals surface area contributed by atoms with Crippen LogP contribution in [0.3, 0.4) is 0 Å². The van der Waals surface area contributed by atoms with Crippen LogP contribution in [0.2, 0.25) is 5.02 Å². The van der Waals surface area contributed by atoms with Crippen LogP contribution >= 0.6 is 11.6 Å². The van der Waals surface area contributed by atoms with Crippen molar-refractivity contribution in [1.82, 2.24) is 0 Å². The zero-order valence-electron chi connectivity index (χ0n) is 15.8. The Morgan fingerprint density at radius 2 is 1.85 bits per heavy atom. The standard InChI is InChI=1S/C21H22ClNO4/c1-14-6-5-7-17(20(14)19(13-25-3)21(24)26-4)12-27-23-15(2)16-8-10-18(22)11-9-16/h5-11,13H,12H2,1-4H3/b19-13+,23-15+. The van der Waals surface area contributed by atoms with Crippen LogP contribution in [0.4, 0.5) is 0 Å². The van der Waals surface area contributed by atoms with Crippen LogP contribution in [-0.4, -0.2) is 25.9 Å². The Hall–Kier alpha value is -2.79. The summed E-state index contributed by atoms with van der Waals surface area (Å²) in [5.74, 6) is -0.478. The van der Waals surface area contributed by atoms with Crippen LogP contribution in [0.5, 0.6) is 0 Å². The smallest absolute Gasteiger partial charge is 0.341 e. The average molecular weight is 388 g/mol. The van der Waals surface area contributed by atoms with E-state index in [9.17, 15) is 4.79 Å². The number of aryl methyl sites for hydroxylation is 1. The molecule has 142 valence electrons. The molecule has 0 saturated carbocycles. The van der Waals surface area contributed by atoms with Crippen LogP contribution in [0.25, 0.3) is 5.57 Å². The molecule has 0 amide bonds. The summed E-state index contributed by atoms with van der Waals surface area (Å²) in [4.78, 5) is 17.7. The zero-order valence-corrected chi connectivity index (χ0v) is 16.5. The first-order valence-electron chi connectivity index (χ1n) is 8.30. The predicted molar refractivity (Wildman–Crippen MR) is 107 cm³/mol. The first-order valence-corrected chi connectivity index (χ1v) is 8.68. The third-order valence-electron chi connectivity index (χ3n) is 3.95. The lowest BCUT2D eigenvalue weighted by Gasteiger charge is -2.14. The molecular weight excluding hydrogens is 366 g/mol. The molecule has 0 heterocycles. The van der Waals surface area contributed by atoms with Gasteiger partial charge in [0.05, 0.1) is 26.2 Å². The second-order valence-corrected chi connectivity index (χ2v) is 6.26. The molecule has 5 nitrogen and oxygen atoms in total. The van der Waals surface area contributed by atoms with Crippen molar-refractivity contribution in [2.75, 3.05) is 14.2 Å². The highest BCUT2D eigenvalue weighted by Crippen LogP contribution is 2.25. The Morgan fingerprint density at radius 3 is 2.48 bits per heavy atom. The number of oxime groups is 1. The largest absolute Gasteiger partial charge is 0.503 e. The molecule has 2 aromatic rings. The maximum Gasteiger partial charge on any atom is 0.341 e. The van der Waals surface area contributed by atoms with E-state index in [0.29, 0.717) is 16.2 Å². The molecule has 0 fully saturated rings. The van der Waals surface area contributed by atoms with E-state index in [1.807, 2.05) is 44.2 Å². The van der Waals surface area contributed by atoms with Crippen LogP contribution in [0, 0.1) is 6.92 Å². The third kappa shape index (κ3) is 5.34. The first kappa shape index (κ1) is 20.5. The van der Waals surface area contributed by atoms with E-state index in [0.717, 1.165) is 22.4 Å². The van der Waals surface area contributed by atoms with Crippen molar-refractivity contribution in [2.45, 2.75) is 20.5 Å². The second kappa shape index (κ2) is 9.78. The number of esters is 1. The Labute approximate surface area is 164 Å². The van der Waals surface area contributed by atoms with E-state index in [-0.39, 0.29) is 6.61 Å². The summed E-state index contributed by atoms with van der Waals surface area (Å²) < 4.78 is 9.93. The SMILES string of the molecule is CO/C=C(/C(=O)OC)c1c(C)cccc1CO/N=C(\C)c1ccc(Cl)cc1. The highest BCUT2D eigenvalue weighted by atomic mass is 35.5. The van der Waals surface area contributed by atoms with Gasteiger partial charge in [-0.1, -0.05) is 47.1 Å². The maximum absolute atomic E-state index is 12.2. The van der Waals surface area contributed by atoms with Crippen molar-refractivity contribution < 1.29 is 19.1 Å². The minimum Gasteiger partial charge on any atom is -0.503 e. The zero-order chi connectivity index (χ0) is 19.8. The molecule has 0 unspecified atom stereocenters. The second-order valence-electron chi connectivity index (χ2n) is 5.82. The number of carbonyl (C=O) groups excluding carboxylic acids is 1. The van der Waals surface area contributed by atoms with E-state index >= 15 is 0 Å². The lowest BCUT2D eigenvalue weighted by Crippen LogP contribution is -2.09. The summed E-state index contributed by atoms with van der Waals surface area (Å²) >= 11 is 5.90. The molecule has 27 heavy (non-hydrogen) atoms. The minimum atomic E-state index is -0.478. The third-order valence-corrected chi connectivity index (χ3v) is 4.20. The number of rotatable bonds is 7. The van der Waals surface area contributed by atoms with Crippen molar-refractivity contribution in [3.05, 3.63) is 76.0 Å². The lowest BCUT2D eigenvalue weighted by atomic mass is 9.96. The number of halogens is 1. The molecule has 2 aromatic carbocycles. The highest BCUT2D eigenvalue weighted by molar-refractivity contribution is 6.30. The van der Waals surface area contributed by atoms with E-state index in [4.69, 9.17) is 25.9 Å². The van der Waals surface area contributed by atoms with Gasteiger partial charge in [0.2, 0.25) is 0 Å². The van der Waals surface area contributed by atoms with Crippen LogP contribution in [-0.2, 0) is 25.7 Å². The number of nitrogens with zero attached hydrogens (tertiary/aromatic N) is 1. The summed E-state index contributed by atoms with van der Waals surface area (Å²) in [6, 6.07) is 13.0. The average Bonchev–Trinajstić information content (AvgIpc) is 2.66. The predicted octanol–water partition coefficient (Wildman–Crippen LogP) is 4.75. The Balaban J connectivity index is 2.25. The number of methoxy groups -OCH3 is 2. The van der Waals surface area contributed by atoms with E-state index in [1.54, 1.807) is 12.1 Å². The van der Waals surface area contributed by atoms with Crippen molar-refractivity contribution in [1.29, 1.82) is 0 Å². The van der Waals surface area contributed by atoms with Crippen LogP contribution in [0.15, 0.2) is 53.9 Å². The number of hydrogen-bond acceptors (Lipinski definition) is 5. The van der Waals surface area contributed by atoms with Crippen LogP contribution < -0.4 is 0 Å². The van der Waals surface area contributed by atoms with E-state index < -0.39 is 5.97 Å². The van der Waals surface area contributed by atoms with Gasteiger partial charge in [-0.05, 0) is 37.1 Å². The highest BCUT2D eigenvalue weighted by Gasteiger charge is 2.19. The van der Waals surface area contributed by atoms with Gasteiger partial charge in [0.25, 0.3) is 0 Å². The van der Waals surface area contributed by atoms with Gasteiger partial charge in [0, 0.05) is 16.1 Å². The molecule has 0 saturated heterocycles. The summed E-state index contributed by atoms with van der Waals surface area (Å²) in [6.45, 7) is 3.96. The number of ether oxygens (including phenoxy) is 2. The van der Waals surface area contributed by atoms with Crippen LogP contribution in [0.1, 0.15) is 29.2 Å². The number of hydrogen-bond donors (Lipinski definition) is 0. The summed E-state index contributed by atoms with van der Waals surface area (Å²) in [5, 5.41) is 4.83. The molecule has 0 aliphatic rings. The topological polar surface area (TPSA) is 57.1 Å². The van der Waals surface area contributed by atoms with Crippen molar-refractivity contribution in [2.24, 2.45) is 5.16 Å². The van der Waals surface area contributed by atoms with Gasteiger partial charge >= 0.3 is 5.97 Å². The number of carbonyl (C=O) groups is 1. The molecule has 0 radical (unpaired) electrons. The molecular formula is C21H22ClNO4. The van der Waals surface area contributed by atoms with Crippen molar-refractivity contribution in [3.8, 4) is 0 Å². The summed E-state index contributed by atoms with van der Waals surface area (Å²) in [7, 11) is 2.82. The minimum absolute atomic E-state index is 0.194. The molecule has 0 aliphatic heterocycles. The van der Waals surface area contributed by atoms with Crippen molar-refractivity contribution >= 4 is 28.9 Å². The molecule has 0 N–H and O–H groups in total. The van der Waals surface area contributed by atoms with E-state index in [2.05, 4.69) is 5.16 Å². The van der Waals surface area contributed by atoms with E-state index in [1.165, 1.54) is 20.5 Å². The van der Waals surface area contributed by atoms with Gasteiger partial charge in [-0.15, -0.1) is 0 Å². The maximum atomic E-state index is 12.2. The molecule has 0 aromatic heterocycles. The summed E-state index contributed by atoms with van der Waals surface area (Å²) in [5.41, 5.74) is 4.39. The van der Waals surface area contributed by atoms with Gasteiger partial charge in [0.1, 0.15) is 12.2 Å². The number of benzene rings is 2. The van der Waals surface area contributed by atoms with Gasteiger partial charge in [-0.3, -0.25) is 0 Å². The van der Waals surface area contributed by atoms with Crippen molar-refractivity contribution in [3.63, 3.8) is 0 Å². The fourth-order valence-electron chi connectivity index (χ4n) is 2.61. The monoisotopic (exact) mass is 387 g/mol. The quantitative estimate of drug-likeness (QED) is 0.226.